The van der Waals surface area contributed by atoms with Crippen LogP contribution in [0.1, 0.15) is 95.8 Å². The van der Waals surface area contributed by atoms with E-state index in [1.54, 1.807) is 100 Å². The number of aromatic nitrogens is 2. The zero-order chi connectivity index (χ0) is 74.7. The van der Waals surface area contributed by atoms with Gasteiger partial charge in [0.2, 0.25) is 0 Å². The summed E-state index contributed by atoms with van der Waals surface area (Å²) in [4.78, 5) is 94.2. The summed E-state index contributed by atoms with van der Waals surface area (Å²) in [6.45, 7) is 6.20. The third-order valence-corrected chi connectivity index (χ3v) is 18.3. The summed E-state index contributed by atoms with van der Waals surface area (Å²) >= 11 is 0. The lowest BCUT2D eigenvalue weighted by molar-refractivity contribution is -0.152. The van der Waals surface area contributed by atoms with Gasteiger partial charge in [-0.1, -0.05) is 131 Å². The summed E-state index contributed by atoms with van der Waals surface area (Å²) in [6.07, 6.45) is -8.10. The molecule has 534 valence electrons. The number of para-hydroxylation sites is 2. The van der Waals surface area contributed by atoms with Gasteiger partial charge in [-0.05, 0) is 122 Å². The van der Waals surface area contributed by atoms with E-state index in [0.29, 0.717) is 104 Å². The van der Waals surface area contributed by atoms with Crippen LogP contribution in [0.25, 0.3) is 76.3 Å². The van der Waals surface area contributed by atoms with Crippen molar-refractivity contribution in [1.29, 1.82) is 0 Å². The molecule has 0 saturated carbocycles. The fourth-order valence-corrected chi connectivity index (χ4v) is 14.0. The van der Waals surface area contributed by atoms with E-state index in [1.807, 2.05) is 58.9 Å². The van der Waals surface area contributed by atoms with Crippen molar-refractivity contribution in [3.63, 3.8) is 0 Å². The molecule has 0 radical (unpaired) electrons. The average molecular weight is 1440 g/mol. The van der Waals surface area contributed by atoms with Crippen LogP contribution in [0.2, 0.25) is 0 Å². The monoisotopic (exact) mass is 1430 g/mol. The van der Waals surface area contributed by atoms with Crippen LogP contribution in [0.4, 0.5) is 35.1 Å². The first kappa shape index (κ1) is 71.3. The SMILES string of the molecule is CC(=O)O/N=C(/c1ccc2c(c1)c1cc(C(=O)c3c(C)cc(C)cc3C)c3ccccc3c1n2CC(=O)OCCOC(=O)Cn1c2ccc(/C(=N/OC(C)=O)c3ccccc3OCC(F)(F)C(F)F)cc2c2c3c(c4ccccc4c21)C(=O)c1c(C)cc(C)cc1-3)c1ccccc1OCC(F)(F)C(F)F. The van der Waals surface area contributed by atoms with Gasteiger partial charge in [-0.3, -0.25) is 19.2 Å². The van der Waals surface area contributed by atoms with Crippen molar-refractivity contribution < 1.29 is 92.5 Å². The zero-order valence-electron chi connectivity index (χ0n) is 57.2. The number of nitrogens with zero attached hydrogens (tertiary/aromatic N) is 4. The van der Waals surface area contributed by atoms with E-state index in [9.17, 15) is 59.1 Å². The number of benzene rings is 10. The predicted octanol–water partition coefficient (Wildman–Crippen LogP) is 17.2. The fourth-order valence-electron chi connectivity index (χ4n) is 14.0. The van der Waals surface area contributed by atoms with E-state index in [0.717, 1.165) is 36.1 Å². The number of fused-ring (bicyclic) bond motifs is 15. The van der Waals surface area contributed by atoms with Crippen molar-refractivity contribution in [3.05, 3.63) is 236 Å². The van der Waals surface area contributed by atoms with Crippen LogP contribution < -0.4 is 9.47 Å². The standard InChI is InChI=1S/C81H62F8N4O12/c1-41-30-43(3)67(44(4)31-41)76(98)58-36-57-56-34-48(72(90-104-46(6)94)54-20-12-14-22-63(54)102-39-80(86,87)78(82)83)24-26-61(56)92(74(57)52-18-10-8-16-50(52)58)37-65(96)100-28-29-101-66(97)38-93-62-27-25-49(73(91-105-47(7)95)55-21-13-15-23-64(55)103-40-81(88,89)79(84)85)35-59(62)70-69-60-33-42(2)32-45(5)68(60)77(99)71(69)51-17-9-11-19-53(51)75(70)93/h8-27,30-36,78-79H,28-29,37-40H2,1-7H3/b90-72-,91-73-. The Hall–Kier alpha value is -12.1. The molecule has 0 aliphatic heterocycles. The van der Waals surface area contributed by atoms with E-state index in [-0.39, 0.29) is 56.7 Å². The number of hydrogen-bond donors (Lipinski definition) is 0. The molecule has 0 bridgehead atoms. The Balaban J connectivity index is 0.861. The van der Waals surface area contributed by atoms with Gasteiger partial charge in [0.1, 0.15) is 49.2 Å². The Labute approximate surface area is 592 Å². The van der Waals surface area contributed by atoms with Gasteiger partial charge in [0.15, 0.2) is 24.8 Å². The van der Waals surface area contributed by atoms with Gasteiger partial charge >= 0.3 is 48.6 Å². The third kappa shape index (κ3) is 13.5. The Morgan fingerprint density at radius 1 is 0.457 bits per heavy atom. The molecule has 0 spiro atoms. The van der Waals surface area contributed by atoms with Crippen molar-refractivity contribution in [1.82, 2.24) is 9.13 Å². The number of carbonyl (C=O) groups is 6. The lowest BCUT2D eigenvalue weighted by Crippen LogP contribution is -2.34. The van der Waals surface area contributed by atoms with Crippen LogP contribution in [0.5, 0.6) is 11.5 Å². The minimum absolute atomic E-state index is 0.0261. The first-order valence-electron chi connectivity index (χ1n) is 33.0. The molecule has 10 aromatic carbocycles. The maximum absolute atomic E-state index is 15.1. The maximum atomic E-state index is 15.1. The van der Waals surface area contributed by atoms with E-state index in [2.05, 4.69) is 10.3 Å². The normalized spacial score (nSPS) is 12.7. The van der Waals surface area contributed by atoms with Crippen molar-refractivity contribution in [2.75, 3.05) is 26.4 Å². The number of carbonyl (C=O) groups excluding carboxylic acids is 6. The number of esters is 2. The molecule has 1 aliphatic rings. The number of alkyl halides is 8. The number of aryl methyl sites for hydroxylation is 5. The number of halogens is 8. The molecule has 1 aliphatic carbocycles. The summed E-state index contributed by atoms with van der Waals surface area (Å²) in [5, 5.41) is 12.2. The molecule has 0 N–H and O–H groups in total. The molecule has 2 aromatic heterocycles. The Morgan fingerprint density at radius 3 is 1.43 bits per heavy atom. The van der Waals surface area contributed by atoms with Gasteiger partial charge in [0.05, 0.1) is 11.0 Å². The molecule has 105 heavy (non-hydrogen) atoms. The number of oxime groups is 2. The Bertz CT molecular complexity index is 5700. The smallest absolute Gasteiger partial charge is 0.340 e. The molecule has 0 amide bonds. The highest BCUT2D eigenvalue weighted by Gasteiger charge is 2.43. The number of rotatable bonds is 23. The molecule has 2 heterocycles. The lowest BCUT2D eigenvalue weighted by atomic mass is 9.89. The summed E-state index contributed by atoms with van der Waals surface area (Å²) < 4.78 is 137. The Kier molecular flexibility index (Phi) is 19.2. The van der Waals surface area contributed by atoms with Crippen LogP contribution in [0.15, 0.2) is 174 Å². The van der Waals surface area contributed by atoms with Gasteiger partial charge in [0.25, 0.3) is 0 Å². The molecule has 0 atom stereocenters. The second kappa shape index (κ2) is 28.3. The first-order valence-corrected chi connectivity index (χ1v) is 33.0. The lowest BCUT2D eigenvalue weighted by Gasteiger charge is -2.18. The van der Waals surface area contributed by atoms with Gasteiger partial charge < -0.3 is 37.8 Å². The van der Waals surface area contributed by atoms with Crippen LogP contribution in [-0.4, -0.2) is 107 Å². The molecule has 0 fully saturated rings. The first-order chi connectivity index (χ1) is 50.1. The summed E-state index contributed by atoms with van der Waals surface area (Å²) in [5.41, 5.74) is 8.55. The number of ether oxygens (including phenoxy) is 4. The molecule has 16 nitrogen and oxygen atoms in total. The highest BCUT2D eigenvalue weighted by molar-refractivity contribution is 6.38. The van der Waals surface area contributed by atoms with Crippen LogP contribution in [0, 0.1) is 34.6 Å². The van der Waals surface area contributed by atoms with Gasteiger partial charge in [-0.25, -0.2) is 27.2 Å². The molecule has 0 saturated heterocycles. The molecule has 24 heteroatoms. The number of hydrogen-bond acceptors (Lipinski definition) is 14. The molecular formula is C81H62F8N4O12. The van der Waals surface area contributed by atoms with Gasteiger partial charge in [-0.15, -0.1) is 0 Å². The van der Waals surface area contributed by atoms with Crippen molar-refractivity contribution in [3.8, 4) is 22.6 Å². The summed E-state index contributed by atoms with van der Waals surface area (Å²) in [7, 11) is 0. The topological polar surface area (TPSA) is 192 Å². The van der Waals surface area contributed by atoms with Crippen molar-refractivity contribution in [2.24, 2.45) is 10.3 Å². The zero-order valence-corrected chi connectivity index (χ0v) is 57.2. The van der Waals surface area contributed by atoms with E-state index >= 15 is 4.79 Å². The largest absolute Gasteiger partial charge is 0.486 e. The van der Waals surface area contributed by atoms with E-state index in [4.69, 9.17) is 28.6 Å². The molecular weight excluding hydrogens is 1370 g/mol. The third-order valence-electron chi connectivity index (χ3n) is 18.3. The minimum Gasteiger partial charge on any atom is -0.486 e. The fraction of sp³-hybridized carbons (Fsp3) is 0.210. The van der Waals surface area contributed by atoms with Crippen molar-refractivity contribution >= 4 is 112 Å². The van der Waals surface area contributed by atoms with E-state index in [1.165, 1.54) is 48.5 Å². The predicted molar refractivity (Wildman–Crippen MR) is 379 cm³/mol. The van der Waals surface area contributed by atoms with Gasteiger partial charge in [0, 0.05) is 107 Å². The second-order valence-corrected chi connectivity index (χ2v) is 25.6. The minimum atomic E-state index is -4.55. The Morgan fingerprint density at radius 2 is 0.905 bits per heavy atom. The van der Waals surface area contributed by atoms with E-state index < -0.39 is 88.1 Å². The van der Waals surface area contributed by atoms with Crippen LogP contribution >= 0.6 is 0 Å². The molecule has 13 rings (SSSR count). The highest BCUT2D eigenvalue weighted by Crippen LogP contribution is 2.51. The quantitative estimate of drug-likeness (QED) is 0.0112. The summed E-state index contributed by atoms with van der Waals surface area (Å²) in [5.74, 6) is -13.6. The number of ketones is 2. The van der Waals surface area contributed by atoms with Crippen LogP contribution in [0.3, 0.4) is 0 Å². The average Bonchev–Trinajstić information content (AvgIpc) is 1.53. The van der Waals surface area contributed by atoms with Crippen molar-refractivity contribution in [2.45, 2.75) is 86.3 Å². The molecule has 0 unspecified atom stereocenters. The highest BCUT2D eigenvalue weighted by atomic mass is 19.3. The van der Waals surface area contributed by atoms with Gasteiger partial charge in [-0.2, -0.15) is 17.6 Å². The molecule has 12 aromatic rings. The summed E-state index contributed by atoms with van der Waals surface area (Å²) in [6, 6.07) is 44.4. The van der Waals surface area contributed by atoms with Crippen LogP contribution in [-0.2, 0) is 51.4 Å². The second-order valence-electron chi connectivity index (χ2n) is 25.6. The maximum Gasteiger partial charge on any atom is 0.340 e.